The summed E-state index contributed by atoms with van der Waals surface area (Å²) in [4.78, 5) is 10.3. The Balaban J connectivity index is 2.25. The van der Waals surface area contributed by atoms with E-state index in [2.05, 4.69) is 5.32 Å². The molecular formula is C11H14ClNO3. The van der Waals surface area contributed by atoms with E-state index in [-0.39, 0.29) is 13.0 Å². The molecule has 0 amide bonds. The van der Waals surface area contributed by atoms with Crippen LogP contribution in [0, 0.1) is 0 Å². The van der Waals surface area contributed by atoms with Gasteiger partial charge in [0.05, 0.1) is 12.5 Å². The van der Waals surface area contributed by atoms with Gasteiger partial charge in [0.25, 0.3) is 0 Å². The van der Waals surface area contributed by atoms with Crippen LogP contribution in [-0.4, -0.2) is 28.8 Å². The second kappa shape index (κ2) is 6.48. The third kappa shape index (κ3) is 5.11. The quantitative estimate of drug-likeness (QED) is 0.704. The summed E-state index contributed by atoms with van der Waals surface area (Å²) in [5.74, 6) is -0.999. The number of aliphatic hydroxyl groups is 1. The van der Waals surface area contributed by atoms with E-state index in [0.29, 0.717) is 11.6 Å². The van der Waals surface area contributed by atoms with Gasteiger partial charge in [0.15, 0.2) is 0 Å². The van der Waals surface area contributed by atoms with Gasteiger partial charge >= 0.3 is 5.97 Å². The van der Waals surface area contributed by atoms with Gasteiger partial charge in [-0.3, -0.25) is 4.79 Å². The largest absolute Gasteiger partial charge is 0.481 e. The first-order chi connectivity index (χ1) is 7.58. The van der Waals surface area contributed by atoms with Gasteiger partial charge in [-0.1, -0.05) is 23.7 Å². The van der Waals surface area contributed by atoms with Crippen LogP contribution in [0.1, 0.15) is 12.0 Å². The molecule has 0 saturated carbocycles. The van der Waals surface area contributed by atoms with Crippen LogP contribution in [0.15, 0.2) is 24.3 Å². The summed E-state index contributed by atoms with van der Waals surface area (Å²) in [5.41, 5.74) is 1.03. The number of aliphatic hydroxyl groups excluding tert-OH is 1. The lowest BCUT2D eigenvalue weighted by molar-refractivity contribution is -0.139. The molecule has 1 atom stereocenters. The topological polar surface area (TPSA) is 69.6 Å². The fourth-order valence-corrected chi connectivity index (χ4v) is 1.39. The zero-order chi connectivity index (χ0) is 12.0. The molecule has 0 heterocycles. The van der Waals surface area contributed by atoms with Gasteiger partial charge in [0.1, 0.15) is 0 Å². The molecule has 0 bridgehead atoms. The smallest absolute Gasteiger partial charge is 0.306 e. The number of rotatable bonds is 6. The lowest BCUT2D eigenvalue weighted by Gasteiger charge is -2.09. The normalized spacial score (nSPS) is 12.4. The van der Waals surface area contributed by atoms with Crippen molar-refractivity contribution in [2.45, 2.75) is 19.1 Å². The minimum atomic E-state index is -0.999. The molecule has 0 spiro atoms. The molecule has 3 N–H and O–H groups in total. The van der Waals surface area contributed by atoms with E-state index in [1.54, 1.807) is 12.1 Å². The number of benzene rings is 1. The average Bonchev–Trinajstić information content (AvgIpc) is 2.20. The first kappa shape index (κ1) is 13.0. The van der Waals surface area contributed by atoms with Gasteiger partial charge in [-0.2, -0.15) is 0 Å². The number of hydrogen-bond acceptors (Lipinski definition) is 3. The highest BCUT2D eigenvalue weighted by atomic mass is 35.5. The van der Waals surface area contributed by atoms with Crippen LogP contribution < -0.4 is 5.32 Å². The van der Waals surface area contributed by atoms with E-state index >= 15 is 0 Å². The van der Waals surface area contributed by atoms with Crippen molar-refractivity contribution in [3.05, 3.63) is 34.9 Å². The Hall–Kier alpha value is -1.10. The summed E-state index contributed by atoms with van der Waals surface area (Å²) in [6.07, 6.45) is -1.10. The Labute approximate surface area is 98.9 Å². The third-order valence-electron chi connectivity index (χ3n) is 2.03. The summed E-state index contributed by atoms with van der Waals surface area (Å²) in [7, 11) is 0. The molecule has 88 valence electrons. The number of carbonyl (C=O) groups is 1. The van der Waals surface area contributed by atoms with Crippen molar-refractivity contribution in [2.75, 3.05) is 6.54 Å². The predicted octanol–water partition coefficient (Wildman–Crippen LogP) is 1.27. The summed E-state index contributed by atoms with van der Waals surface area (Å²) in [6.45, 7) is 0.836. The molecule has 0 aromatic heterocycles. The maximum Gasteiger partial charge on any atom is 0.306 e. The second-order valence-electron chi connectivity index (χ2n) is 3.51. The van der Waals surface area contributed by atoms with E-state index in [1.807, 2.05) is 12.1 Å². The third-order valence-corrected chi connectivity index (χ3v) is 2.28. The van der Waals surface area contributed by atoms with E-state index in [9.17, 15) is 9.90 Å². The lowest BCUT2D eigenvalue weighted by Crippen LogP contribution is -2.28. The van der Waals surface area contributed by atoms with Crippen LogP contribution in [0.5, 0.6) is 0 Å². The maximum atomic E-state index is 10.3. The van der Waals surface area contributed by atoms with E-state index in [0.717, 1.165) is 5.56 Å². The van der Waals surface area contributed by atoms with Crippen molar-refractivity contribution in [1.29, 1.82) is 0 Å². The van der Waals surface area contributed by atoms with Crippen molar-refractivity contribution >= 4 is 17.6 Å². The molecule has 1 rings (SSSR count). The van der Waals surface area contributed by atoms with Crippen molar-refractivity contribution in [3.63, 3.8) is 0 Å². The van der Waals surface area contributed by atoms with Crippen molar-refractivity contribution in [3.8, 4) is 0 Å². The molecule has 1 unspecified atom stereocenters. The van der Waals surface area contributed by atoms with Gasteiger partial charge in [-0.05, 0) is 17.7 Å². The fraction of sp³-hybridized carbons (Fsp3) is 0.364. The van der Waals surface area contributed by atoms with Crippen LogP contribution in [0.2, 0.25) is 5.02 Å². The predicted molar refractivity (Wildman–Crippen MR) is 61.4 cm³/mol. The molecule has 16 heavy (non-hydrogen) atoms. The standard InChI is InChI=1S/C11H14ClNO3/c12-9-3-1-8(2-4-9)6-13-7-10(14)5-11(15)16/h1-4,10,13-14H,5-7H2,(H,15,16). The van der Waals surface area contributed by atoms with Crippen LogP contribution in [0.3, 0.4) is 0 Å². The van der Waals surface area contributed by atoms with Gasteiger partial charge < -0.3 is 15.5 Å². The van der Waals surface area contributed by atoms with Crippen LogP contribution in [0.25, 0.3) is 0 Å². The molecule has 1 aromatic carbocycles. The van der Waals surface area contributed by atoms with E-state index in [4.69, 9.17) is 16.7 Å². The number of nitrogens with one attached hydrogen (secondary N) is 1. The highest BCUT2D eigenvalue weighted by molar-refractivity contribution is 6.30. The number of carboxylic acid groups (broad SMARTS) is 1. The fourth-order valence-electron chi connectivity index (χ4n) is 1.26. The molecular weight excluding hydrogens is 230 g/mol. The van der Waals surface area contributed by atoms with Crippen molar-refractivity contribution < 1.29 is 15.0 Å². The van der Waals surface area contributed by atoms with Gasteiger partial charge in [-0.25, -0.2) is 0 Å². The number of hydrogen-bond donors (Lipinski definition) is 3. The Morgan fingerprint density at radius 1 is 1.38 bits per heavy atom. The Morgan fingerprint density at radius 2 is 2.00 bits per heavy atom. The lowest BCUT2D eigenvalue weighted by atomic mass is 10.2. The molecule has 0 radical (unpaired) electrons. The average molecular weight is 244 g/mol. The SMILES string of the molecule is O=C(O)CC(O)CNCc1ccc(Cl)cc1. The summed E-state index contributed by atoms with van der Waals surface area (Å²) >= 11 is 5.73. The Morgan fingerprint density at radius 3 is 2.56 bits per heavy atom. The molecule has 4 nitrogen and oxygen atoms in total. The molecule has 0 aliphatic carbocycles. The van der Waals surface area contributed by atoms with Crippen LogP contribution in [-0.2, 0) is 11.3 Å². The summed E-state index contributed by atoms with van der Waals surface area (Å²) in [5, 5.41) is 21.4. The number of aliphatic carboxylic acids is 1. The highest BCUT2D eigenvalue weighted by Crippen LogP contribution is 2.09. The van der Waals surface area contributed by atoms with E-state index < -0.39 is 12.1 Å². The Bertz CT molecular complexity index is 340. The summed E-state index contributed by atoms with van der Waals surface area (Å²) in [6, 6.07) is 7.32. The van der Waals surface area contributed by atoms with Gasteiger partial charge in [-0.15, -0.1) is 0 Å². The minimum Gasteiger partial charge on any atom is -0.481 e. The van der Waals surface area contributed by atoms with Crippen LogP contribution >= 0.6 is 11.6 Å². The monoisotopic (exact) mass is 243 g/mol. The van der Waals surface area contributed by atoms with E-state index in [1.165, 1.54) is 0 Å². The molecule has 0 aliphatic heterocycles. The minimum absolute atomic E-state index is 0.242. The zero-order valence-electron chi connectivity index (χ0n) is 8.69. The first-order valence-electron chi connectivity index (χ1n) is 4.93. The first-order valence-corrected chi connectivity index (χ1v) is 5.30. The number of halogens is 1. The summed E-state index contributed by atoms with van der Waals surface area (Å²) < 4.78 is 0. The zero-order valence-corrected chi connectivity index (χ0v) is 9.44. The molecule has 0 saturated heterocycles. The molecule has 1 aromatic rings. The molecule has 0 fully saturated rings. The molecule has 0 aliphatic rings. The highest BCUT2D eigenvalue weighted by Gasteiger charge is 2.08. The van der Waals surface area contributed by atoms with Crippen molar-refractivity contribution in [1.82, 2.24) is 5.32 Å². The van der Waals surface area contributed by atoms with Crippen LogP contribution in [0.4, 0.5) is 0 Å². The number of carboxylic acids is 1. The van der Waals surface area contributed by atoms with Crippen molar-refractivity contribution in [2.24, 2.45) is 0 Å². The molecule has 5 heteroatoms. The van der Waals surface area contributed by atoms with Gasteiger partial charge in [0.2, 0.25) is 0 Å². The maximum absolute atomic E-state index is 10.3. The Kier molecular flexibility index (Phi) is 5.25. The second-order valence-corrected chi connectivity index (χ2v) is 3.95. The van der Waals surface area contributed by atoms with Gasteiger partial charge in [0, 0.05) is 18.1 Å².